The second kappa shape index (κ2) is 5.77. The van der Waals surface area contributed by atoms with Crippen molar-refractivity contribution in [2.45, 2.75) is 6.04 Å². The Kier molecular flexibility index (Phi) is 3.81. The van der Waals surface area contributed by atoms with E-state index >= 15 is 0 Å². The summed E-state index contributed by atoms with van der Waals surface area (Å²) in [5, 5.41) is 13.4. The van der Waals surface area contributed by atoms with Gasteiger partial charge in [-0.1, -0.05) is 29.8 Å². The van der Waals surface area contributed by atoms with Gasteiger partial charge >= 0.3 is 6.03 Å². The van der Waals surface area contributed by atoms with E-state index in [2.05, 4.69) is 5.32 Å². The number of halogens is 1. The Bertz CT molecular complexity index is 720. The smallest absolute Gasteiger partial charge is 0.322 e. The van der Waals surface area contributed by atoms with Crippen LogP contribution in [0.4, 0.5) is 10.5 Å². The molecule has 1 unspecified atom stereocenters. The number of benzene rings is 2. The summed E-state index contributed by atoms with van der Waals surface area (Å²) < 4.78 is 5.03. The van der Waals surface area contributed by atoms with Crippen LogP contribution in [0.1, 0.15) is 11.6 Å². The molecule has 0 spiro atoms. The van der Waals surface area contributed by atoms with Crippen molar-refractivity contribution in [1.82, 2.24) is 5.32 Å². The van der Waals surface area contributed by atoms with Crippen LogP contribution in [0.15, 0.2) is 42.5 Å². The average Bonchev–Trinajstić information content (AvgIpc) is 2.89. The number of aromatic hydroxyl groups is 1. The largest absolute Gasteiger partial charge is 0.504 e. The molecule has 5 nitrogen and oxygen atoms in total. The van der Waals surface area contributed by atoms with Gasteiger partial charge in [-0.3, -0.25) is 4.90 Å². The zero-order valence-electron chi connectivity index (χ0n) is 11.9. The Morgan fingerprint density at radius 1 is 1.32 bits per heavy atom. The number of phenols is 1. The van der Waals surface area contributed by atoms with Crippen LogP contribution in [0.5, 0.6) is 11.5 Å². The predicted molar refractivity (Wildman–Crippen MR) is 84.7 cm³/mol. The maximum absolute atomic E-state index is 12.2. The summed E-state index contributed by atoms with van der Waals surface area (Å²) in [5.74, 6) is 0.343. The van der Waals surface area contributed by atoms with Crippen LogP contribution in [-0.4, -0.2) is 24.8 Å². The lowest BCUT2D eigenvalue weighted by molar-refractivity contribution is 0.251. The first-order valence-corrected chi connectivity index (χ1v) is 7.18. The van der Waals surface area contributed by atoms with Gasteiger partial charge in [0.25, 0.3) is 0 Å². The van der Waals surface area contributed by atoms with Crippen molar-refractivity contribution in [1.29, 1.82) is 0 Å². The highest BCUT2D eigenvalue weighted by Gasteiger charge is 2.34. The number of anilines is 1. The van der Waals surface area contributed by atoms with Crippen LogP contribution < -0.4 is 15.0 Å². The van der Waals surface area contributed by atoms with Crippen LogP contribution in [0.25, 0.3) is 0 Å². The molecule has 0 aliphatic carbocycles. The van der Waals surface area contributed by atoms with E-state index < -0.39 is 0 Å². The van der Waals surface area contributed by atoms with Crippen molar-refractivity contribution < 1.29 is 14.6 Å². The normalized spacial score (nSPS) is 17.5. The number of nitrogens with one attached hydrogen (secondary N) is 1. The van der Waals surface area contributed by atoms with E-state index in [1.54, 1.807) is 23.1 Å². The van der Waals surface area contributed by atoms with E-state index in [0.717, 1.165) is 5.56 Å². The quantitative estimate of drug-likeness (QED) is 0.912. The molecule has 2 aromatic rings. The first-order valence-electron chi connectivity index (χ1n) is 6.80. The molecule has 2 N–H and O–H groups in total. The summed E-state index contributed by atoms with van der Waals surface area (Å²) in [6, 6.07) is 11.8. The van der Waals surface area contributed by atoms with Crippen molar-refractivity contribution in [3.05, 3.63) is 53.1 Å². The van der Waals surface area contributed by atoms with Crippen molar-refractivity contribution in [2.75, 3.05) is 18.6 Å². The maximum atomic E-state index is 12.2. The molecule has 3 rings (SSSR count). The summed E-state index contributed by atoms with van der Waals surface area (Å²) in [6.45, 7) is 0.454. The number of carbonyl (C=O) groups is 1. The van der Waals surface area contributed by atoms with Gasteiger partial charge in [0.1, 0.15) is 0 Å². The van der Waals surface area contributed by atoms with Crippen LogP contribution in [0.2, 0.25) is 5.02 Å². The highest BCUT2D eigenvalue weighted by Crippen LogP contribution is 2.37. The first-order chi connectivity index (χ1) is 10.6. The molecule has 1 aliphatic rings. The topological polar surface area (TPSA) is 61.8 Å². The lowest BCUT2D eigenvalue weighted by Gasteiger charge is -2.24. The number of phenolic OH excluding ortho intramolecular Hbond substituents is 1. The fourth-order valence-corrected chi connectivity index (χ4v) is 2.88. The van der Waals surface area contributed by atoms with E-state index in [1.165, 1.54) is 13.2 Å². The molecule has 0 bridgehead atoms. The Morgan fingerprint density at radius 3 is 2.77 bits per heavy atom. The third-order valence-electron chi connectivity index (χ3n) is 3.68. The van der Waals surface area contributed by atoms with Gasteiger partial charge in [0.15, 0.2) is 11.5 Å². The number of methoxy groups -OCH3 is 1. The maximum Gasteiger partial charge on any atom is 0.322 e. The van der Waals surface area contributed by atoms with Crippen LogP contribution in [0.3, 0.4) is 0 Å². The summed E-state index contributed by atoms with van der Waals surface area (Å²) in [6.07, 6.45) is 0. The van der Waals surface area contributed by atoms with Gasteiger partial charge < -0.3 is 15.2 Å². The van der Waals surface area contributed by atoms with Gasteiger partial charge in [0, 0.05) is 17.6 Å². The highest BCUT2D eigenvalue weighted by molar-refractivity contribution is 6.31. The fourth-order valence-electron chi connectivity index (χ4n) is 2.62. The molecule has 1 heterocycles. The molecule has 114 valence electrons. The molecule has 0 saturated carbocycles. The van der Waals surface area contributed by atoms with Crippen molar-refractivity contribution in [2.24, 2.45) is 0 Å². The third-order valence-corrected chi connectivity index (χ3v) is 4.03. The van der Waals surface area contributed by atoms with Crippen LogP contribution in [0, 0.1) is 0 Å². The SMILES string of the molecule is COc1ccc(N2C(=O)NCC2c2ccccc2Cl)cc1O. The van der Waals surface area contributed by atoms with Crippen molar-refractivity contribution in [3.8, 4) is 11.5 Å². The van der Waals surface area contributed by atoms with E-state index in [9.17, 15) is 9.90 Å². The number of hydrogen-bond donors (Lipinski definition) is 2. The highest BCUT2D eigenvalue weighted by atomic mass is 35.5. The Balaban J connectivity index is 2.01. The standard InChI is InChI=1S/C16H15ClN2O3/c1-22-15-7-6-10(8-14(15)20)19-13(9-18-16(19)21)11-4-2-3-5-12(11)17/h2-8,13,20H,9H2,1H3,(H,18,21). The molecule has 2 aromatic carbocycles. The van der Waals surface area contributed by atoms with Gasteiger partial charge in [-0.05, 0) is 23.8 Å². The Labute approximate surface area is 133 Å². The van der Waals surface area contributed by atoms with Gasteiger partial charge in [0.05, 0.1) is 18.8 Å². The molecule has 1 saturated heterocycles. The molecule has 1 atom stereocenters. The van der Waals surface area contributed by atoms with Gasteiger partial charge in [-0.2, -0.15) is 0 Å². The molecule has 6 heteroatoms. The summed E-state index contributed by atoms with van der Waals surface area (Å²) >= 11 is 6.25. The molecular weight excluding hydrogens is 304 g/mol. The molecule has 1 fully saturated rings. The number of hydrogen-bond acceptors (Lipinski definition) is 3. The van der Waals surface area contributed by atoms with Crippen LogP contribution in [-0.2, 0) is 0 Å². The number of carbonyl (C=O) groups excluding carboxylic acids is 1. The minimum absolute atomic E-state index is 0.0161. The van der Waals surface area contributed by atoms with E-state index in [-0.39, 0.29) is 17.8 Å². The van der Waals surface area contributed by atoms with E-state index in [4.69, 9.17) is 16.3 Å². The number of rotatable bonds is 3. The summed E-state index contributed by atoms with van der Waals surface area (Å²) in [5.41, 5.74) is 1.44. The molecular formula is C16H15ClN2O3. The average molecular weight is 319 g/mol. The zero-order valence-corrected chi connectivity index (χ0v) is 12.7. The van der Waals surface area contributed by atoms with E-state index in [1.807, 2.05) is 18.2 Å². The Hall–Kier alpha value is -2.40. The monoisotopic (exact) mass is 318 g/mol. The minimum Gasteiger partial charge on any atom is -0.504 e. The van der Waals surface area contributed by atoms with Crippen molar-refractivity contribution >= 4 is 23.3 Å². The van der Waals surface area contributed by atoms with E-state index in [0.29, 0.717) is 23.0 Å². The number of amides is 2. The molecule has 0 radical (unpaired) electrons. The number of ether oxygens (including phenoxy) is 1. The second-order valence-electron chi connectivity index (χ2n) is 4.95. The fraction of sp³-hybridized carbons (Fsp3) is 0.188. The molecule has 2 amide bonds. The predicted octanol–water partition coefficient (Wildman–Crippen LogP) is 3.33. The lowest BCUT2D eigenvalue weighted by Crippen LogP contribution is -2.29. The lowest BCUT2D eigenvalue weighted by atomic mass is 10.1. The van der Waals surface area contributed by atoms with Gasteiger partial charge in [-0.15, -0.1) is 0 Å². The second-order valence-corrected chi connectivity index (χ2v) is 5.36. The third kappa shape index (κ3) is 2.44. The first kappa shape index (κ1) is 14.5. The van der Waals surface area contributed by atoms with Crippen molar-refractivity contribution in [3.63, 3.8) is 0 Å². The molecule has 1 aliphatic heterocycles. The van der Waals surface area contributed by atoms with Gasteiger partial charge in [-0.25, -0.2) is 4.79 Å². The number of urea groups is 1. The minimum atomic E-state index is -0.228. The van der Waals surface area contributed by atoms with Gasteiger partial charge in [0.2, 0.25) is 0 Å². The number of nitrogens with zero attached hydrogens (tertiary/aromatic N) is 1. The molecule has 22 heavy (non-hydrogen) atoms. The zero-order chi connectivity index (χ0) is 15.7. The summed E-state index contributed by atoms with van der Waals surface area (Å²) in [4.78, 5) is 13.8. The van der Waals surface area contributed by atoms with Crippen LogP contribution >= 0.6 is 11.6 Å². The Morgan fingerprint density at radius 2 is 2.09 bits per heavy atom. The summed E-state index contributed by atoms with van der Waals surface area (Å²) in [7, 11) is 1.48. The molecule has 0 aromatic heterocycles.